The first-order chi connectivity index (χ1) is 6.57. The summed E-state index contributed by atoms with van der Waals surface area (Å²) in [5.74, 6) is 1.65. The van der Waals surface area contributed by atoms with Crippen LogP contribution >= 0.6 is 0 Å². The Hall–Kier alpha value is -0.520. The van der Waals surface area contributed by atoms with Crippen LogP contribution in [0.2, 0.25) is 0 Å². The van der Waals surface area contributed by atoms with Crippen molar-refractivity contribution in [2.24, 2.45) is 11.8 Å². The van der Waals surface area contributed by atoms with Crippen molar-refractivity contribution < 1.29 is 0 Å². The quantitative estimate of drug-likeness (QED) is 0.502. The molecule has 2 atom stereocenters. The molecule has 0 heterocycles. The Labute approximate surface area is 90.1 Å². The van der Waals surface area contributed by atoms with E-state index in [-0.39, 0.29) is 0 Å². The Morgan fingerprint density at radius 3 is 2.43 bits per heavy atom. The third kappa shape index (κ3) is 6.94. The predicted octanol–water partition coefficient (Wildman–Crippen LogP) is 4.97. The summed E-state index contributed by atoms with van der Waals surface area (Å²) in [5.41, 5.74) is 1.32. The first-order valence-electron chi connectivity index (χ1n) is 5.83. The van der Waals surface area contributed by atoms with Crippen molar-refractivity contribution in [1.82, 2.24) is 0 Å². The second-order valence-corrected chi connectivity index (χ2v) is 4.61. The molecule has 0 heteroatoms. The molecule has 0 aliphatic carbocycles. The molecule has 0 aromatic heterocycles. The normalized spacial score (nSPS) is 15.7. The van der Waals surface area contributed by atoms with Gasteiger partial charge in [-0.1, -0.05) is 38.0 Å². The van der Waals surface area contributed by atoms with E-state index in [4.69, 9.17) is 0 Å². The van der Waals surface area contributed by atoms with E-state index in [1.165, 1.54) is 31.3 Å². The Morgan fingerprint density at radius 1 is 1.29 bits per heavy atom. The van der Waals surface area contributed by atoms with Crippen molar-refractivity contribution in [1.29, 1.82) is 0 Å². The summed E-state index contributed by atoms with van der Waals surface area (Å²) >= 11 is 0. The van der Waals surface area contributed by atoms with Gasteiger partial charge in [-0.2, -0.15) is 0 Å². The Balaban J connectivity index is 3.61. The van der Waals surface area contributed by atoms with Gasteiger partial charge in [-0.3, -0.25) is 0 Å². The number of allylic oxidation sites excluding steroid dienone is 3. The van der Waals surface area contributed by atoms with Gasteiger partial charge >= 0.3 is 0 Å². The molecule has 0 radical (unpaired) electrons. The van der Waals surface area contributed by atoms with E-state index in [1.807, 2.05) is 0 Å². The number of hydrogen-bond donors (Lipinski definition) is 0. The third-order valence-corrected chi connectivity index (χ3v) is 2.98. The lowest BCUT2D eigenvalue weighted by molar-refractivity contribution is 0.359. The minimum Gasteiger partial charge on any atom is -0.100 e. The van der Waals surface area contributed by atoms with Crippen LogP contribution in [0.4, 0.5) is 0 Å². The maximum atomic E-state index is 3.94. The Morgan fingerprint density at radius 2 is 1.93 bits per heavy atom. The summed E-state index contributed by atoms with van der Waals surface area (Å²) < 4.78 is 0. The molecular formula is C14H26. The fourth-order valence-corrected chi connectivity index (χ4v) is 1.59. The molecule has 0 spiro atoms. The summed E-state index contributed by atoms with van der Waals surface area (Å²) in [7, 11) is 0. The van der Waals surface area contributed by atoms with Crippen LogP contribution in [-0.2, 0) is 0 Å². The average Bonchev–Trinajstić information content (AvgIpc) is 2.13. The number of rotatable bonds is 7. The van der Waals surface area contributed by atoms with Crippen LogP contribution in [0.15, 0.2) is 24.3 Å². The van der Waals surface area contributed by atoms with Gasteiger partial charge in [0, 0.05) is 0 Å². The van der Waals surface area contributed by atoms with E-state index in [9.17, 15) is 0 Å². The van der Waals surface area contributed by atoms with E-state index in [1.54, 1.807) is 0 Å². The van der Waals surface area contributed by atoms with Gasteiger partial charge in [-0.05, 0) is 44.9 Å². The minimum atomic E-state index is 0.816. The largest absolute Gasteiger partial charge is 0.100 e. The first kappa shape index (κ1) is 13.5. The predicted molar refractivity (Wildman–Crippen MR) is 66.4 cm³/mol. The van der Waals surface area contributed by atoms with Crippen LogP contribution < -0.4 is 0 Å². The van der Waals surface area contributed by atoms with E-state index < -0.39 is 0 Å². The molecule has 0 bridgehead atoms. The van der Waals surface area contributed by atoms with Gasteiger partial charge in [0.05, 0.1) is 0 Å². The standard InChI is InChI=1S/C14H26/c1-6-7-10-13(4)14(5)11-8-9-12(2)3/h6-7,13-14H,2,8-11H2,1,3-5H3. The molecule has 0 aliphatic rings. The lowest BCUT2D eigenvalue weighted by Crippen LogP contribution is -2.06. The van der Waals surface area contributed by atoms with Gasteiger partial charge in [-0.15, -0.1) is 6.58 Å². The van der Waals surface area contributed by atoms with E-state index in [0.29, 0.717) is 0 Å². The average molecular weight is 194 g/mol. The van der Waals surface area contributed by atoms with Crippen LogP contribution in [0.5, 0.6) is 0 Å². The highest BCUT2D eigenvalue weighted by Crippen LogP contribution is 2.22. The fourth-order valence-electron chi connectivity index (χ4n) is 1.59. The molecule has 0 nitrogen and oxygen atoms in total. The van der Waals surface area contributed by atoms with Crippen molar-refractivity contribution in [3.05, 3.63) is 24.3 Å². The molecule has 82 valence electrons. The highest BCUT2D eigenvalue weighted by atomic mass is 14.2. The third-order valence-electron chi connectivity index (χ3n) is 2.98. The van der Waals surface area contributed by atoms with Gasteiger partial charge in [-0.25, -0.2) is 0 Å². The van der Waals surface area contributed by atoms with Crippen LogP contribution in [0.3, 0.4) is 0 Å². The lowest BCUT2D eigenvalue weighted by Gasteiger charge is -2.18. The molecule has 0 saturated heterocycles. The second kappa shape index (κ2) is 7.84. The summed E-state index contributed by atoms with van der Waals surface area (Å²) in [5, 5.41) is 0. The Bertz CT molecular complexity index is 176. The van der Waals surface area contributed by atoms with Gasteiger partial charge in [0.25, 0.3) is 0 Å². The smallest absolute Gasteiger partial charge is 0.0322 e. The van der Waals surface area contributed by atoms with E-state index in [0.717, 1.165) is 11.8 Å². The molecule has 0 aliphatic heterocycles. The zero-order valence-electron chi connectivity index (χ0n) is 10.3. The molecule has 0 saturated carbocycles. The van der Waals surface area contributed by atoms with Gasteiger partial charge in [0.2, 0.25) is 0 Å². The Kier molecular flexibility index (Phi) is 7.55. The van der Waals surface area contributed by atoms with Crippen molar-refractivity contribution in [2.75, 3.05) is 0 Å². The SMILES string of the molecule is C=C(C)CCCC(C)C(C)CC=CC. The van der Waals surface area contributed by atoms with Gasteiger partial charge in [0.15, 0.2) is 0 Å². The molecule has 0 aromatic carbocycles. The monoisotopic (exact) mass is 194 g/mol. The van der Waals surface area contributed by atoms with Crippen molar-refractivity contribution in [3.63, 3.8) is 0 Å². The summed E-state index contributed by atoms with van der Waals surface area (Å²) in [6.45, 7) is 12.9. The molecule has 14 heavy (non-hydrogen) atoms. The lowest BCUT2D eigenvalue weighted by atomic mass is 9.88. The molecule has 0 fully saturated rings. The number of hydrogen-bond acceptors (Lipinski definition) is 0. The van der Waals surface area contributed by atoms with Crippen LogP contribution in [0, 0.1) is 11.8 Å². The first-order valence-corrected chi connectivity index (χ1v) is 5.83. The van der Waals surface area contributed by atoms with Crippen LogP contribution in [0.1, 0.15) is 53.4 Å². The molecule has 0 rings (SSSR count). The maximum absolute atomic E-state index is 3.94. The highest BCUT2D eigenvalue weighted by molar-refractivity contribution is 4.87. The van der Waals surface area contributed by atoms with Crippen molar-refractivity contribution >= 4 is 0 Å². The summed E-state index contributed by atoms with van der Waals surface area (Å²) in [6.07, 6.45) is 9.49. The molecule has 2 unspecified atom stereocenters. The van der Waals surface area contributed by atoms with Crippen LogP contribution in [0.25, 0.3) is 0 Å². The fraction of sp³-hybridized carbons (Fsp3) is 0.714. The van der Waals surface area contributed by atoms with E-state index in [2.05, 4.69) is 46.4 Å². The molecule has 0 amide bonds. The molecule has 0 N–H and O–H groups in total. The topological polar surface area (TPSA) is 0 Å². The minimum absolute atomic E-state index is 0.816. The van der Waals surface area contributed by atoms with Gasteiger partial charge in [0.1, 0.15) is 0 Å². The van der Waals surface area contributed by atoms with Crippen molar-refractivity contribution in [3.8, 4) is 0 Å². The van der Waals surface area contributed by atoms with Crippen molar-refractivity contribution in [2.45, 2.75) is 53.4 Å². The molecular weight excluding hydrogens is 168 g/mol. The zero-order valence-corrected chi connectivity index (χ0v) is 10.3. The zero-order chi connectivity index (χ0) is 11.0. The highest BCUT2D eigenvalue weighted by Gasteiger charge is 2.09. The summed E-state index contributed by atoms with van der Waals surface area (Å²) in [4.78, 5) is 0. The van der Waals surface area contributed by atoms with Gasteiger partial charge < -0.3 is 0 Å². The maximum Gasteiger partial charge on any atom is -0.0322 e. The van der Waals surface area contributed by atoms with Crippen LogP contribution in [-0.4, -0.2) is 0 Å². The molecule has 0 aromatic rings. The van der Waals surface area contributed by atoms with E-state index >= 15 is 0 Å². The second-order valence-electron chi connectivity index (χ2n) is 4.61. The summed E-state index contributed by atoms with van der Waals surface area (Å²) in [6, 6.07) is 0.